The molecule has 0 unspecified atom stereocenters. The van der Waals surface area contributed by atoms with Crippen LogP contribution < -0.4 is 5.32 Å². The maximum Gasteiger partial charge on any atom is 0.0672 e. The maximum absolute atomic E-state index is 5.43. The van der Waals surface area contributed by atoms with Crippen molar-refractivity contribution in [3.05, 3.63) is 12.2 Å². The van der Waals surface area contributed by atoms with E-state index in [1.807, 2.05) is 6.92 Å². The van der Waals surface area contributed by atoms with Gasteiger partial charge in [0.15, 0.2) is 0 Å². The van der Waals surface area contributed by atoms with Crippen molar-refractivity contribution in [3.63, 3.8) is 0 Å². The number of nitrogens with one attached hydrogen (secondary N) is 1. The molecule has 1 saturated carbocycles. The highest BCUT2D eigenvalue weighted by Gasteiger charge is 2.30. The van der Waals surface area contributed by atoms with E-state index in [9.17, 15) is 0 Å². The van der Waals surface area contributed by atoms with Gasteiger partial charge in [-0.1, -0.05) is 26.0 Å². The molecule has 0 spiro atoms. The van der Waals surface area contributed by atoms with Crippen LogP contribution in [-0.4, -0.2) is 25.8 Å². The third kappa shape index (κ3) is 4.80. The molecule has 1 N–H and O–H groups in total. The minimum atomic E-state index is 0.695. The zero-order valence-electron chi connectivity index (χ0n) is 10.4. The standard InChI is InChI=1S/C13H25NO/c1-10(2)9-15-6-5-14-13-7-12(8-13)11(3)4/h11-14H,1,5-9H2,2-4H3. The van der Waals surface area contributed by atoms with Crippen molar-refractivity contribution in [2.24, 2.45) is 11.8 Å². The second kappa shape index (κ2) is 6.29. The van der Waals surface area contributed by atoms with Crippen LogP contribution in [0.25, 0.3) is 0 Å². The summed E-state index contributed by atoms with van der Waals surface area (Å²) in [7, 11) is 0. The average Bonchev–Trinajstić information content (AvgIpc) is 2.06. The van der Waals surface area contributed by atoms with Crippen LogP contribution in [0, 0.1) is 11.8 Å². The highest BCUT2D eigenvalue weighted by Crippen LogP contribution is 2.33. The summed E-state index contributed by atoms with van der Waals surface area (Å²) < 4.78 is 5.43. The molecule has 1 rings (SSSR count). The molecule has 2 heteroatoms. The van der Waals surface area contributed by atoms with Crippen LogP contribution >= 0.6 is 0 Å². The van der Waals surface area contributed by atoms with Crippen LogP contribution in [0.4, 0.5) is 0 Å². The molecule has 15 heavy (non-hydrogen) atoms. The molecule has 2 nitrogen and oxygen atoms in total. The molecule has 0 amide bonds. The minimum absolute atomic E-state index is 0.695. The lowest BCUT2D eigenvalue weighted by Crippen LogP contribution is -2.44. The molecule has 0 heterocycles. The van der Waals surface area contributed by atoms with Gasteiger partial charge in [-0.2, -0.15) is 0 Å². The highest BCUT2D eigenvalue weighted by atomic mass is 16.5. The van der Waals surface area contributed by atoms with Gasteiger partial charge in [0, 0.05) is 12.6 Å². The van der Waals surface area contributed by atoms with Gasteiger partial charge in [0.05, 0.1) is 13.2 Å². The van der Waals surface area contributed by atoms with E-state index >= 15 is 0 Å². The van der Waals surface area contributed by atoms with Gasteiger partial charge in [0.1, 0.15) is 0 Å². The summed E-state index contributed by atoms with van der Waals surface area (Å²) in [5, 5.41) is 3.52. The Kier molecular flexibility index (Phi) is 5.34. The van der Waals surface area contributed by atoms with Crippen LogP contribution in [-0.2, 0) is 4.74 Å². The monoisotopic (exact) mass is 211 g/mol. The van der Waals surface area contributed by atoms with E-state index in [1.165, 1.54) is 12.8 Å². The Labute approximate surface area is 94.1 Å². The van der Waals surface area contributed by atoms with Crippen molar-refractivity contribution < 1.29 is 4.74 Å². The predicted octanol–water partition coefficient (Wildman–Crippen LogP) is 2.60. The van der Waals surface area contributed by atoms with Gasteiger partial charge in [-0.05, 0) is 31.6 Å². The summed E-state index contributed by atoms with van der Waals surface area (Å²) in [6.07, 6.45) is 2.69. The molecular weight excluding hydrogens is 186 g/mol. The van der Waals surface area contributed by atoms with Gasteiger partial charge in [0.2, 0.25) is 0 Å². The lowest BCUT2D eigenvalue weighted by atomic mass is 9.74. The van der Waals surface area contributed by atoms with Crippen molar-refractivity contribution in [3.8, 4) is 0 Å². The third-order valence-corrected chi connectivity index (χ3v) is 3.15. The minimum Gasteiger partial charge on any atom is -0.376 e. The SMILES string of the molecule is C=C(C)COCCNC1CC(C(C)C)C1. The molecule has 0 aromatic rings. The van der Waals surface area contributed by atoms with Crippen LogP contribution in [0.2, 0.25) is 0 Å². The first-order valence-electron chi connectivity index (χ1n) is 6.05. The topological polar surface area (TPSA) is 21.3 Å². The van der Waals surface area contributed by atoms with E-state index in [-0.39, 0.29) is 0 Å². The van der Waals surface area contributed by atoms with E-state index in [0.29, 0.717) is 6.61 Å². The van der Waals surface area contributed by atoms with Gasteiger partial charge in [-0.25, -0.2) is 0 Å². The smallest absolute Gasteiger partial charge is 0.0672 e. The Bertz CT molecular complexity index is 195. The molecule has 0 aromatic heterocycles. The zero-order chi connectivity index (χ0) is 11.3. The fourth-order valence-electron chi connectivity index (χ4n) is 1.95. The molecule has 0 radical (unpaired) electrons. The summed E-state index contributed by atoms with van der Waals surface area (Å²) in [6, 6.07) is 0.742. The van der Waals surface area contributed by atoms with E-state index < -0.39 is 0 Å². The van der Waals surface area contributed by atoms with Gasteiger partial charge < -0.3 is 10.1 Å². The van der Waals surface area contributed by atoms with Crippen molar-refractivity contribution in [1.82, 2.24) is 5.32 Å². The van der Waals surface area contributed by atoms with E-state index in [1.54, 1.807) is 0 Å². The molecule has 0 atom stereocenters. The lowest BCUT2D eigenvalue weighted by Gasteiger charge is -2.38. The van der Waals surface area contributed by atoms with E-state index in [0.717, 1.165) is 36.6 Å². The molecule has 88 valence electrons. The zero-order valence-corrected chi connectivity index (χ0v) is 10.4. The molecule has 0 aliphatic heterocycles. The first kappa shape index (κ1) is 12.7. The van der Waals surface area contributed by atoms with Crippen LogP contribution in [0.5, 0.6) is 0 Å². The summed E-state index contributed by atoms with van der Waals surface area (Å²) in [4.78, 5) is 0. The first-order valence-corrected chi connectivity index (χ1v) is 6.05. The van der Waals surface area contributed by atoms with Crippen molar-refractivity contribution in [2.45, 2.75) is 39.7 Å². The predicted molar refractivity (Wildman–Crippen MR) is 65.0 cm³/mol. The molecular formula is C13H25NO. The Hall–Kier alpha value is -0.340. The van der Waals surface area contributed by atoms with Gasteiger partial charge in [-0.15, -0.1) is 0 Å². The first-order chi connectivity index (χ1) is 7.09. The third-order valence-electron chi connectivity index (χ3n) is 3.15. The summed E-state index contributed by atoms with van der Waals surface area (Å²) >= 11 is 0. The van der Waals surface area contributed by atoms with Gasteiger partial charge in [-0.3, -0.25) is 0 Å². The quantitative estimate of drug-likeness (QED) is 0.516. The average molecular weight is 211 g/mol. The Morgan fingerprint density at radius 1 is 1.47 bits per heavy atom. The normalized spacial score (nSPS) is 25.3. The van der Waals surface area contributed by atoms with Gasteiger partial charge in [0.25, 0.3) is 0 Å². The molecule has 1 fully saturated rings. The molecule has 0 aromatic carbocycles. The van der Waals surface area contributed by atoms with Crippen molar-refractivity contribution >= 4 is 0 Å². The van der Waals surface area contributed by atoms with Crippen LogP contribution in [0.3, 0.4) is 0 Å². The molecule has 0 bridgehead atoms. The Morgan fingerprint density at radius 3 is 2.67 bits per heavy atom. The molecule has 1 aliphatic rings. The van der Waals surface area contributed by atoms with E-state index in [2.05, 4.69) is 25.7 Å². The van der Waals surface area contributed by atoms with Crippen molar-refractivity contribution in [2.75, 3.05) is 19.8 Å². The van der Waals surface area contributed by atoms with Crippen LogP contribution in [0.15, 0.2) is 12.2 Å². The number of rotatable bonds is 7. The van der Waals surface area contributed by atoms with Gasteiger partial charge >= 0.3 is 0 Å². The molecule has 0 saturated heterocycles. The number of hydrogen-bond acceptors (Lipinski definition) is 2. The largest absolute Gasteiger partial charge is 0.376 e. The Morgan fingerprint density at radius 2 is 2.13 bits per heavy atom. The van der Waals surface area contributed by atoms with Crippen LogP contribution in [0.1, 0.15) is 33.6 Å². The summed E-state index contributed by atoms with van der Waals surface area (Å²) in [5.41, 5.74) is 1.10. The lowest BCUT2D eigenvalue weighted by molar-refractivity contribution is 0.130. The Balaban J connectivity index is 1.88. The fourth-order valence-corrected chi connectivity index (χ4v) is 1.95. The second-order valence-electron chi connectivity index (χ2n) is 5.14. The fraction of sp³-hybridized carbons (Fsp3) is 0.846. The van der Waals surface area contributed by atoms with Crippen molar-refractivity contribution in [1.29, 1.82) is 0 Å². The molecule has 1 aliphatic carbocycles. The maximum atomic E-state index is 5.43. The van der Waals surface area contributed by atoms with E-state index in [4.69, 9.17) is 4.74 Å². The number of ether oxygens (including phenoxy) is 1. The second-order valence-corrected chi connectivity index (χ2v) is 5.14. The summed E-state index contributed by atoms with van der Waals surface area (Å²) in [6.45, 7) is 12.9. The number of hydrogen-bond donors (Lipinski definition) is 1. The summed E-state index contributed by atoms with van der Waals surface area (Å²) in [5.74, 6) is 1.79. The highest BCUT2D eigenvalue weighted by molar-refractivity contribution is 4.88.